The number of rotatable bonds is 3. The van der Waals surface area contributed by atoms with E-state index < -0.39 is 0 Å². The second-order valence-corrected chi connectivity index (χ2v) is 4.76. The fourth-order valence-corrected chi connectivity index (χ4v) is 2.74. The zero-order valence-corrected chi connectivity index (χ0v) is 10.5. The highest BCUT2D eigenvalue weighted by Crippen LogP contribution is 2.37. The Hall–Kier alpha value is -0.980. The Kier molecular flexibility index (Phi) is 3.87. The first-order chi connectivity index (χ1) is 7.85. The molecule has 0 spiro atoms. The van der Waals surface area contributed by atoms with E-state index in [-0.39, 0.29) is 0 Å². The summed E-state index contributed by atoms with van der Waals surface area (Å²) < 4.78 is 5.50. The number of aryl methyl sites for hydroxylation is 1. The highest BCUT2D eigenvalue weighted by Gasteiger charge is 2.19. The molecule has 16 heavy (non-hydrogen) atoms. The van der Waals surface area contributed by atoms with E-state index in [1.807, 2.05) is 0 Å². The Bertz CT molecular complexity index is 337. The van der Waals surface area contributed by atoms with Crippen molar-refractivity contribution in [1.29, 1.82) is 0 Å². The zero-order valence-electron chi connectivity index (χ0n) is 10.5. The van der Waals surface area contributed by atoms with Crippen LogP contribution in [0.4, 0.5) is 0 Å². The largest absolute Gasteiger partial charge is 0.496 e. The number of benzene rings is 1. The normalized spacial score (nSPS) is 17.4. The molecule has 0 unspecified atom stereocenters. The van der Waals surface area contributed by atoms with Crippen molar-refractivity contribution in [1.82, 2.24) is 0 Å². The molecule has 0 N–H and O–H groups in total. The molecule has 1 aromatic carbocycles. The molecule has 0 aromatic heterocycles. The summed E-state index contributed by atoms with van der Waals surface area (Å²) in [5.74, 6) is 1.82. The fraction of sp³-hybridized carbons (Fsp3) is 0.600. The van der Waals surface area contributed by atoms with E-state index in [9.17, 15) is 0 Å². The molecule has 1 aliphatic carbocycles. The lowest BCUT2D eigenvalue weighted by atomic mass is 9.83. The molecule has 0 saturated heterocycles. The van der Waals surface area contributed by atoms with E-state index in [0.717, 1.165) is 18.1 Å². The second-order valence-electron chi connectivity index (χ2n) is 4.76. The van der Waals surface area contributed by atoms with Gasteiger partial charge in [-0.3, -0.25) is 0 Å². The minimum absolute atomic E-state index is 0.732. The van der Waals surface area contributed by atoms with Gasteiger partial charge < -0.3 is 4.74 Å². The maximum atomic E-state index is 5.50. The summed E-state index contributed by atoms with van der Waals surface area (Å²) in [5.41, 5.74) is 2.88. The Balaban J connectivity index is 2.27. The molecule has 0 heterocycles. The van der Waals surface area contributed by atoms with Gasteiger partial charge in [-0.1, -0.05) is 38.3 Å². The highest BCUT2D eigenvalue weighted by molar-refractivity contribution is 5.40. The molecule has 1 heteroatoms. The molecule has 1 saturated carbocycles. The van der Waals surface area contributed by atoms with Crippen LogP contribution in [0.3, 0.4) is 0 Å². The summed E-state index contributed by atoms with van der Waals surface area (Å²) in [6, 6.07) is 6.68. The van der Waals surface area contributed by atoms with Crippen LogP contribution in [0, 0.1) is 0 Å². The van der Waals surface area contributed by atoms with Crippen LogP contribution >= 0.6 is 0 Å². The van der Waals surface area contributed by atoms with Gasteiger partial charge in [-0.25, -0.2) is 0 Å². The van der Waals surface area contributed by atoms with Gasteiger partial charge in [-0.2, -0.15) is 0 Å². The second kappa shape index (κ2) is 5.38. The van der Waals surface area contributed by atoms with E-state index in [2.05, 4.69) is 25.1 Å². The molecule has 1 nitrogen and oxygen atoms in total. The van der Waals surface area contributed by atoms with Gasteiger partial charge in [0.05, 0.1) is 7.11 Å². The van der Waals surface area contributed by atoms with Crippen molar-refractivity contribution >= 4 is 0 Å². The number of ether oxygens (including phenoxy) is 1. The predicted molar refractivity (Wildman–Crippen MR) is 68.2 cm³/mol. The molecule has 1 aromatic rings. The van der Waals surface area contributed by atoms with Gasteiger partial charge in [-0.15, -0.1) is 0 Å². The number of hydrogen-bond donors (Lipinski definition) is 0. The smallest absolute Gasteiger partial charge is 0.122 e. The van der Waals surface area contributed by atoms with Crippen LogP contribution < -0.4 is 4.74 Å². The standard InChI is InChI=1S/C15H22O/c1-3-12-9-10-15(16-2)14(11-12)13-7-5-4-6-8-13/h9-11,13H,3-8H2,1-2H3. The molecule has 0 bridgehead atoms. The summed E-state index contributed by atoms with van der Waals surface area (Å²) in [6.07, 6.45) is 7.96. The van der Waals surface area contributed by atoms with Crippen molar-refractivity contribution < 1.29 is 4.74 Å². The van der Waals surface area contributed by atoms with Crippen molar-refractivity contribution in [3.05, 3.63) is 29.3 Å². The van der Waals surface area contributed by atoms with Crippen molar-refractivity contribution in [2.45, 2.75) is 51.4 Å². The van der Waals surface area contributed by atoms with Crippen LogP contribution in [-0.4, -0.2) is 7.11 Å². The first kappa shape index (κ1) is 11.5. The van der Waals surface area contributed by atoms with Gasteiger partial charge in [0, 0.05) is 0 Å². The minimum atomic E-state index is 0.732. The maximum absolute atomic E-state index is 5.50. The van der Waals surface area contributed by atoms with E-state index in [1.165, 1.54) is 43.2 Å². The quantitative estimate of drug-likeness (QED) is 0.734. The van der Waals surface area contributed by atoms with E-state index in [1.54, 1.807) is 7.11 Å². The lowest BCUT2D eigenvalue weighted by Gasteiger charge is -2.24. The highest BCUT2D eigenvalue weighted by atomic mass is 16.5. The Morgan fingerprint density at radius 2 is 1.94 bits per heavy atom. The van der Waals surface area contributed by atoms with Gasteiger partial charge in [0.25, 0.3) is 0 Å². The first-order valence-electron chi connectivity index (χ1n) is 6.52. The third-order valence-corrected chi connectivity index (χ3v) is 3.75. The number of hydrogen-bond acceptors (Lipinski definition) is 1. The summed E-state index contributed by atoms with van der Waals surface area (Å²) in [7, 11) is 1.78. The van der Waals surface area contributed by atoms with Crippen molar-refractivity contribution in [2.75, 3.05) is 7.11 Å². The maximum Gasteiger partial charge on any atom is 0.122 e. The van der Waals surface area contributed by atoms with Crippen LogP contribution in [0.25, 0.3) is 0 Å². The lowest BCUT2D eigenvalue weighted by Crippen LogP contribution is -2.06. The minimum Gasteiger partial charge on any atom is -0.496 e. The Morgan fingerprint density at radius 3 is 2.56 bits per heavy atom. The fourth-order valence-electron chi connectivity index (χ4n) is 2.74. The summed E-state index contributed by atoms with van der Waals surface area (Å²) in [5, 5.41) is 0. The average Bonchev–Trinajstić information content (AvgIpc) is 2.39. The van der Waals surface area contributed by atoms with Crippen molar-refractivity contribution in [2.24, 2.45) is 0 Å². The van der Waals surface area contributed by atoms with E-state index >= 15 is 0 Å². The monoisotopic (exact) mass is 218 g/mol. The van der Waals surface area contributed by atoms with E-state index in [0.29, 0.717) is 0 Å². The zero-order chi connectivity index (χ0) is 11.4. The van der Waals surface area contributed by atoms with E-state index in [4.69, 9.17) is 4.74 Å². The van der Waals surface area contributed by atoms with Crippen LogP contribution in [0.1, 0.15) is 56.1 Å². The lowest BCUT2D eigenvalue weighted by molar-refractivity contribution is 0.387. The topological polar surface area (TPSA) is 9.23 Å². The molecule has 0 amide bonds. The predicted octanol–water partition coefficient (Wildman–Crippen LogP) is 4.31. The Morgan fingerprint density at radius 1 is 1.19 bits per heavy atom. The van der Waals surface area contributed by atoms with Crippen LogP contribution in [-0.2, 0) is 6.42 Å². The van der Waals surface area contributed by atoms with Crippen LogP contribution in [0.2, 0.25) is 0 Å². The van der Waals surface area contributed by atoms with Crippen LogP contribution in [0.15, 0.2) is 18.2 Å². The first-order valence-corrected chi connectivity index (χ1v) is 6.52. The molecule has 1 aliphatic rings. The molecular weight excluding hydrogens is 196 g/mol. The third kappa shape index (κ3) is 2.40. The third-order valence-electron chi connectivity index (χ3n) is 3.75. The molecule has 2 rings (SSSR count). The molecule has 0 atom stereocenters. The number of methoxy groups -OCH3 is 1. The summed E-state index contributed by atoms with van der Waals surface area (Å²) >= 11 is 0. The molecule has 88 valence electrons. The summed E-state index contributed by atoms with van der Waals surface area (Å²) in [6.45, 7) is 2.21. The van der Waals surface area contributed by atoms with Gasteiger partial charge in [-0.05, 0) is 42.4 Å². The Labute approximate surface area is 98.8 Å². The molecular formula is C15H22O. The van der Waals surface area contributed by atoms with Gasteiger partial charge in [0.15, 0.2) is 0 Å². The van der Waals surface area contributed by atoms with Gasteiger partial charge >= 0.3 is 0 Å². The van der Waals surface area contributed by atoms with Crippen molar-refractivity contribution in [3.63, 3.8) is 0 Å². The van der Waals surface area contributed by atoms with Crippen molar-refractivity contribution in [3.8, 4) is 5.75 Å². The summed E-state index contributed by atoms with van der Waals surface area (Å²) in [4.78, 5) is 0. The molecule has 1 fully saturated rings. The molecule has 0 aliphatic heterocycles. The SMILES string of the molecule is CCc1ccc(OC)c(C2CCCCC2)c1. The van der Waals surface area contributed by atoms with Gasteiger partial charge in [0.1, 0.15) is 5.75 Å². The van der Waals surface area contributed by atoms with Gasteiger partial charge in [0.2, 0.25) is 0 Å². The molecule has 0 radical (unpaired) electrons. The average molecular weight is 218 g/mol. The van der Waals surface area contributed by atoms with Crippen LogP contribution in [0.5, 0.6) is 5.75 Å².